The van der Waals surface area contributed by atoms with Crippen molar-refractivity contribution in [2.24, 2.45) is 0 Å². The summed E-state index contributed by atoms with van der Waals surface area (Å²) in [6.45, 7) is 3.31. The fourth-order valence-electron chi connectivity index (χ4n) is 3.15. The summed E-state index contributed by atoms with van der Waals surface area (Å²) < 4.78 is 1.72. The molecule has 2 aromatic rings. The molecular weight excluding hydrogens is 394 g/mol. The molecule has 0 saturated carbocycles. The van der Waals surface area contributed by atoms with Crippen LogP contribution in [0.2, 0.25) is 0 Å². The maximum Gasteiger partial charge on any atom is 0.334 e. The summed E-state index contributed by atoms with van der Waals surface area (Å²) in [6.07, 6.45) is 0. The minimum atomic E-state index is -1.13. The van der Waals surface area contributed by atoms with E-state index >= 15 is 0 Å². The van der Waals surface area contributed by atoms with Gasteiger partial charge < -0.3 is 15.5 Å². The van der Waals surface area contributed by atoms with Crippen molar-refractivity contribution in [1.29, 1.82) is 0 Å². The summed E-state index contributed by atoms with van der Waals surface area (Å²) in [7, 11) is 0. The molecule has 0 bridgehead atoms. The zero-order chi connectivity index (χ0) is 17.6. The number of carbonyl (C=O) groups is 2. The van der Waals surface area contributed by atoms with E-state index in [0.29, 0.717) is 17.0 Å². The lowest BCUT2D eigenvalue weighted by atomic mass is 9.80. The molecule has 1 aliphatic heterocycles. The molecule has 0 amide bonds. The maximum atomic E-state index is 11.9. The summed E-state index contributed by atoms with van der Waals surface area (Å²) in [5.41, 5.74) is 1.71. The van der Waals surface area contributed by atoms with Crippen LogP contribution in [0.3, 0.4) is 0 Å². The normalized spacial score (nSPS) is 15.8. The van der Waals surface area contributed by atoms with Crippen molar-refractivity contribution in [1.82, 2.24) is 5.32 Å². The number of halogens is 1. The molecule has 24 heavy (non-hydrogen) atoms. The lowest BCUT2D eigenvalue weighted by Crippen LogP contribution is -2.31. The molecule has 0 aliphatic carbocycles. The third-order valence-corrected chi connectivity index (χ3v) is 5.99. The van der Waals surface area contributed by atoms with Crippen LogP contribution in [-0.4, -0.2) is 22.2 Å². The number of dihydropyridines is 1. The first-order valence-electron chi connectivity index (χ1n) is 7.15. The number of carboxylic acids is 2. The minimum Gasteiger partial charge on any atom is -0.478 e. The van der Waals surface area contributed by atoms with Crippen molar-refractivity contribution in [2.75, 3.05) is 0 Å². The summed E-state index contributed by atoms with van der Waals surface area (Å²) in [6, 6.07) is 7.58. The highest BCUT2D eigenvalue weighted by atomic mass is 79.9. The lowest BCUT2D eigenvalue weighted by Gasteiger charge is -2.28. The SMILES string of the molecule is CC1=C(C(=O)O)C(c2c(Br)sc3ccccc23)C(C(=O)O)=C(C)N1. The van der Waals surface area contributed by atoms with E-state index in [1.54, 1.807) is 13.8 Å². The Kier molecular flexibility index (Phi) is 4.23. The van der Waals surface area contributed by atoms with Crippen molar-refractivity contribution >= 4 is 49.3 Å². The van der Waals surface area contributed by atoms with E-state index in [1.807, 2.05) is 24.3 Å². The number of nitrogens with one attached hydrogen (secondary N) is 1. The van der Waals surface area contributed by atoms with Gasteiger partial charge in [-0.25, -0.2) is 9.59 Å². The van der Waals surface area contributed by atoms with Gasteiger partial charge in [0.1, 0.15) is 0 Å². The third kappa shape index (κ3) is 2.53. The van der Waals surface area contributed by atoms with Gasteiger partial charge in [0.2, 0.25) is 0 Å². The predicted molar refractivity (Wildman–Crippen MR) is 96.1 cm³/mol. The number of fused-ring (bicyclic) bond motifs is 1. The molecular formula is C17H14BrNO4S. The molecule has 0 fully saturated rings. The Labute approximate surface area is 150 Å². The van der Waals surface area contributed by atoms with E-state index in [2.05, 4.69) is 21.2 Å². The Morgan fingerprint density at radius 1 is 1.08 bits per heavy atom. The second-order valence-electron chi connectivity index (χ2n) is 5.53. The standard InChI is InChI=1S/C17H14BrNO4S/c1-7-11(16(20)21)14(12(17(22)23)8(2)19-7)13-9-5-3-4-6-10(9)24-15(13)18/h3-6,14,19H,1-2H3,(H,20,21)(H,22,23). The fourth-order valence-corrected chi connectivity index (χ4v) is 5.09. The van der Waals surface area contributed by atoms with E-state index in [9.17, 15) is 19.8 Å². The molecule has 0 saturated heterocycles. The zero-order valence-electron chi connectivity index (χ0n) is 12.9. The monoisotopic (exact) mass is 407 g/mol. The Morgan fingerprint density at radius 3 is 2.17 bits per heavy atom. The molecule has 7 heteroatoms. The molecule has 1 aliphatic rings. The highest BCUT2D eigenvalue weighted by molar-refractivity contribution is 9.11. The van der Waals surface area contributed by atoms with Crippen LogP contribution >= 0.6 is 27.3 Å². The van der Waals surface area contributed by atoms with Crippen LogP contribution in [0, 0.1) is 0 Å². The average molecular weight is 408 g/mol. The molecule has 0 spiro atoms. The maximum absolute atomic E-state index is 11.9. The third-order valence-electron chi connectivity index (χ3n) is 4.10. The molecule has 1 aromatic heterocycles. The van der Waals surface area contributed by atoms with Crippen molar-refractivity contribution in [2.45, 2.75) is 19.8 Å². The quantitative estimate of drug-likeness (QED) is 0.713. The smallest absolute Gasteiger partial charge is 0.334 e. The number of hydrogen-bond acceptors (Lipinski definition) is 4. The average Bonchev–Trinajstić information content (AvgIpc) is 2.80. The fraction of sp³-hybridized carbons (Fsp3) is 0.176. The minimum absolute atomic E-state index is 0.0576. The largest absolute Gasteiger partial charge is 0.478 e. The second kappa shape index (κ2) is 6.07. The van der Waals surface area contributed by atoms with Crippen LogP contribution in [0.25, 0.3) is 10.1 Å². The van der Waals surface area contributed by atoms with Crippen LogP contribution in [0.5, 0.6) is 0 Å². The van der Waals surface area contributed by atoms with Gasteiger partial charge in [0, 0.05) is 16.1 Å². The van der Waals surface area contributed by atoms with Crippen molar-refractivity contribution in [3.8, 4) is 0 Å². The second-order valence-corrected chi connectivity index (χ2v) is 7.90. The first-order valence-corrected chi connectivity index (χ1v) is 8.76. The van der Waals surface area contributed by atoms with Crippen molar-refractivity contribution in [3.05, 3.63) is 56.2 Å². The van der Waals surface area contributed by atoms with Gasteiger partial charge in [-0.3, -0.25) is 0 Å². The number of aliphatic carboxylic acids is 2. The van der Waals surface area contributed by atoms with Crippen molar-refractivity contribution < 1.29 is 19.8 Å². The molecule has 3 rings (SSSR count). The van der Waals surface area contributed by atoms with E-state index in [1.165, 1.54) is 11.3 Å². The first kappa shape index (κ1) is 16.7. The van der Waals surface area contributed by atoms with Crippen LogP contribution < -0.4 is 5.32 Å². The Bertz CT molecular complexity index is 905. The van der Waals surface area contributed by atoms with E-state index in [-0.39, 0.29) is 11.1 Å². The molecule has 0 atom stereocenters. The number of carboxylic acid groups (broad SMARTS) is 2. The molecule has 124 valence electrons. The molecule has 0 unspecified atom stereocenters. The summed E-state index contributed by atoms with van der Waals surface area (Å²) in [4.78, 5) is 23.7. The molecule has 0 radical (unpaired) electrons. The summed E-state index contributed by atoms with van der Waals surface area (Å²) in [5.74, 6) is -3.09. The molecule has 3 N–H and O–H groups in total. The van der Waals surface area contributed by atoms with Gasteiger partial charge in [-0.2, -0.15) is 0 Å². The predicted octanol–water partition coefficient (Wildman–Crippen LogP) is 4.07. The Hall–Kier alpha value is -2.12. The van der Waals surface area contributed by atoms with Crippen LogP contribution in [-0.2, 0) is 9.59 Å². The van der Waals surface area contributed by atoms with E-state index in [4.69, 9.17) is 0 Å². The first-order chi connectivity index (χ1) is 11.3. The van der Waals surface area contributed by atoms with Gasteiger partial charge in [-0.1, -0.05) is 18.2 Å². The Morgan fingerprint density at radius 2 is 1.62 bits per heavy atom. The van der Waals surface area contributed by atoms with Gasteiger partial charge >= 0.3 is 11.9 Å². The molecule has 5 nitrogen and oxygen atoms in total. The number of thiophene rings is 1. The van der Waals surface area contributed by atoms with Crippen LogP contribution in [0.15, 0.2) is 50.6 Å². The van der Waals surface area contributed by atoms with Gasteiger partial charge in [0.25, 0.3) is 0 Å². The number of allylic oxidation sites excluding steroid dienone is 2. The number of hydrogen-bond donors (Lipinski definition) is 3. The van der Waals surface area contributed by atoms with Crippen molar-refractivity contribution in [3.63, 3.8) is 0 Å². The van der Waals surface area contributed by atoms with Gasteiger partial charge in [-0.15, -0.1) is 11.3 Å². The van der Waals surface area contributed by atoms with Crippen LogP contribution in [0.4, 0.5) is 0 Å². The van der Waals surface area contributed by atoms with Gasteiger partial charge in [0.05, 0.1) is 20.9 Å². The lowest BCUT2D eigenvalue weighted by molar-refractivity contribution is -0.133. The van der Waals surface area contributed by atoms with Gasteiger partial charge in [-0.05, 0) is 46.8 Å². The summed E-state index contributed by atoms with van der Waals surface area (Å²) >= 11 is 4.97. The number of rotatable bonds is 3. The number of benzene rings is 1. The van der Waals surface area contributed by atoms with E-state index < -0.39 is 17.9 Å². The van der Waals surface area contributed by atoms with E-state index in [0.717, 1.165) is 13.9 Å². The topological polar surface area (TPSA) is 86.6 Å². The highest BCUT2D eigenvalue weighted by Crippen LogP contribution is 2.47. The molecule has 1 aromatic carbocycles. The van der Waals surface area contributed by atoms with Crippen LogP contribution in [0.1, 0.15) is 25.3 Å². The highest BCUT2D eigenvalue weighted by Gasteiger charge is 2.38. The van der Waals surface area contributed by atoms with Gasteiger partial charge in [0.15, 0.2) is 0 Å². The zero-order valence-corrected chi connectivity index (χ0v) is 15.3. The Balaban J connectivity index is 2.38. The summed E-state index contributed by atoms with van der Waals surface area (Å²) in [5, 5.41) is 23.2. The molecule has 2 heterocycles.